The molecule has 1 aromatic heterocycles. The number of hydrogen-bond acceptors (Lipinski definition) is 4. The van der Waals surface area contributed by atoms with E-state index in [1.54, 1.807) is 44.2 Å². The van der Waals surface area contributed by atoms with Crippen LogP contribution in [0.1, 0.15) is 38.7 Å². The molecule has 0 spiro atoms. The lowest BCUT2D eigenvalue weighted by Crippen LogP contribution is -2.42. The minimum atomic E-state index is -0.457. The second-order valence-corrected chi connectivity index (χ2v) is 6.26. The summed E-state index contributed by atoms with van der Waals surface area (Å²) in [6.07, 6.45) is 0.0337. The first-order chi connectivity index (χ1) is 11.9. The van der Waals surface area contributed by atoms with Crippen molar-refractivity contribution in [3.63, 3.8) is 0 Å². The molecular formula is C17H18BrN3O4. The summed E-state index contributed by atoms with van der Waals surface area (Å²) in [5.41, 5.74) is 5.48. The lowest BCUT2D eigenvalue weighted by atomic mass is 10.2. The molecule has 0 radical (unpaired) electrons. The third-order valence-corrected chi connectivity index (χ3v) is 3.87. The number of hydrazine groups is 1. The Hall–Kier alpha value is -2.61. The van der Waals surface area contributed by atoms with E-state index >= 15 is 0 Å². The van der Waals surface area contributed by atoms with Crippen LogP contribution in [0.2, 0.25) is 0 Å². The van der Waals surface area contributed by atoms with Gasteiger partial charge in [-0.15, -0.1) is 0 Å². The second-order valence-electron chi connectivity index (χ2n) is 5.34. The van der Waals surface area contributed by atoms with Crippen molar-refractivity contribution in [2.24, 2.45) is 0 Å². The number of nitrogens with one attached hydrogen (secondary N) is 3. The van der Waals surface area contributed by atoms with Crippen molar-refractivity contribution < 1.29 is 18.8 Å². The van der Waals surface area contributed by atoms with Crippen LogP contribution in [-0.4, -0.2) is 24.3 Å². The Morgan fingerprint density at radius 2 is 1.72 bits per heavy atom. The van der Waals surface area contributed by atoms with Crippen molar-refractivity contribution in [2.75, 3.05) is 6.54 Å². The monoisotopic (exact) mass is 407 g/mol. The number of hydrogen-bond donors (Lipinski definition) is 3. The van der Waals surface area contributed by atoms with Gasteiger partial charge in [0, 0.05) is 23.0 Å². The van der Waals surface area contributed by atoms with Gasteiger partial charge in [0.05, 0.1) is 5.56 Å². The fourth-order valence-electron chi connectivity index (χ4n) is 2.11. The first-order valence-electron chi connectivity index (χ1n) is 7.57. The first kappa shape index (κ1) is 18.7. The van der Waals surface area contributed by atoms with Crippen molar-refractivity contribution in [3.8, 4) is 0 Å². The number of amides is 3. The summed E-state index contributed by atoms with van der Waals surface area (Å²) >= 11 is 3.29. The number of furan rings is 1. The molecule has 0 saturated carbocycles. The summed E-state index contributed by atoms with van der Waals surface area (Å²) in [5, 5.41) is 2.64. The number of halogens is 1. The molecule has 1 aromatic carbocycles. The van der Waals surface area contributed by atoms with Gasteiger partial charge < -0.3 is 9.73 Å². The average molecular weight is 408 g/mol. The summed E-state index contributed by atoms with van der Waals surface area (Å²) in [6, 6.07) is 8.46. The quantitative estimate of drug-likeness (QED) is 0.661. The fourth-order valence-corrected chi connectivity index (χ4v) is 2.37. The SMILES string of the molecule is Cc1cc(C(=O)NNC(=O)CCNC(=O)c2ccc(Br)cc2)c(C)o1. The molecule has 2 rings (SSSR count). The van der Waals surface area contributed by atoms with Gasteiger partial charge in [0.25, 0.3) is 11.8 Å². The maximum absolute atomic E-state index is 11.9. The number of rotatable bonds is 5. The van der Waals surface area contributed by atoms with E-state index in [9.17, 15) is 14.4 Å². The van der Waals surface area contributed by atoms with Crippen LogP contribution in [0.3, 0.4) is 0 Å². The van der Waals surface area contributed by atoms with Gasteiger partial charge in [-0.1, -0.05) is 15.9 Å². The van der Waals surface area contributed by atoms with Gasteiger partial charge in [0.2, 0.25) is 5.91 Å². The topological polar surface area (TPSA) is 100 Å². The molecule has 0 fully saturated rings. The van der Waals surface area contributed by atoms with E-state index in [-0.39, 0.29) is 18.9 Å². The highest BCUT2D eigenvalue weighted by atomic mass is 79.9. The van der Waals surface area contributed by atoms with Crippen LogP contribution in [0.5, 0.6) is 0 Å². The smallest absolute Gasteiger partial charge is 0.273 e. The van der Waals surface area contributed by atoms with E-state index in [2.05, 4.69) is 32.1 Å². The van der Waals surface area contributed by atoms with Crippen molar-refractivity contribution in [3.05, 3.63) is 57.5 Å². The molecule has 8 heteroatoms. The third-order valence-electron chi connectivity index (χ3n) is 3.35. The van der Waals surface area contributed by atoms with Crippen LogP contribution in [0.4, 0.5) is 0 Å². The van der Waals surface area contributed by atoms with Crippen LogP contribution < -0.4 is 16.2 Å². The van der Waals surface area contributed by atoms with Crippen LogP contribution >= 0.6 is 15.9 Å². The maximum atomic E-state index is 11.9. The zero-order chi connectivity index (χ0) is 18.4. The van der Waals surface area contributed by atoms with Crippen LogP contribution in [-0.2, 0) is 4.79 Å². The van der Waals surface area contributed by atoms with Gasteiger partial charge in [-0.3, -0.25) is 25.2 Å². The summed E-state index contributed by atoms with van der Waals surface area (Å²) in [6.45, 7) is 3.55. The molecule has 0 atom stereocenters. The summed E-state index contributed by atoms with van der Waals surface area (Å²) in [5.74, 6) is -0.0478. The zero-order valence-corrected chi connectivity index (χ0v) is 15.4. The van der Waals surface area contributed by atoms with Gasteiger partial charge in [-0.2, -0.15) is 0 Å². The molecule has 7 nitrogen and oxygen atoms in total. The molecule has 3 N–H and O–H groups in total. The Morgan fingerprint density at radius 3 is 2.32 bits per heavy atom. The third kappa shape index (κ3) is 5.46. The molecule has 0 saturated heterocycles. The van der Waals surface area contributed by atoms with Gasteiger partial charge >= 0.3 is 0 Å². The summed E-state index contributed by atoms with van der Waals surface area (Å²) < 4.78 is 6.14. The standard InChI is InChI=1S/C17H18BrN3O4/c1-10-9-14(11(2)25-10)17(24)21-20-15(22)7-8-19-16(23)12-3-5-13(18)6-4-12/h3-6,9H,7-8H2,1-2H3,(H,19,23)(H,20,22)(H,21,24). The number of carbonyl (C=O) groups excluding carboxylic acids is 3. The Labute approximate surface area is 153 Å². The Morgan fingerprint density at radius 1 is 1.04 bits per heavy atom. The van der Waals surface area contributed by atoms with E-state index in [1.807, 2.05) is 0 Å². The number of benzene rings is 1. The Balaban J connectivity index is 1.72. The van der Waals surface area contributed by atoms with Crippen molar-refractivity contribution in [1.29, 1.82) is 0 Å². The zero-order valence-electron chi connectivity index (χ0n) is 13.8. The highest BCUT2D eigenvalue weighted by Crippen LogP contribution is 2.13. The molecule has 2 aromatic rings. The van der Waals surface area contributed by atoms with Crippen LogP contribution in [0, 0.1) is 13.8 Å². The molecule has 132 valence electrons. The summed E-state index contributed by atoms with van der Waals surface area (Å²) in [4.78, 5) is 35.5. The largest absolute Gasteiger partial charge is 0.466 e. The number of carbonyl (C=O) groups is 3. The van der Waals surface area contributed by atoms with Crippen LogP contribution in [0.15, 0.2) is 39.2 Å². The predicted molar refractivity (Wildman–Crippen MR) is 94.9 cm³/mol. The van der Waals surface area contributed by atoms with Crippen LogP contribution in [0.25, 0.3) is 0 Å². The lowest BCUT2D eigenvalue weighted by Gasteiger charge is -2.08. The first-order valence-corrected chi connectivity index (χ1v) is 8.36. The minimum absolute atomic E-state index is 0.0337. The molecule has 3 amide bonds. The van der Waals surface area contributed by atoms with Gasteiger partial charge in [-0.05, 0) is 44.2 Å². The minimum Gasteiger partial charge on any atom is -0.466 e. The van der Waals surface area contributed by atoms with E-state index < -0.39 is 11.8 Å². The average Bonchev–Trinajstić information content (AvgIpc) is 2.91. The fraction of sp³-hybridized carbons (Fsp3) is 0.235. The van der Waals surface area contributed by atoms with Gasteiger partial charge in [-0.25, -0.2) is 0 Å². The van der Waals surface area contributed by atoms with Crippen molar-refractivity contribution >= 4 is 33.7 Å². The normalized spacial score (nSPS) is 10.2. The second kappa shape index (κ2) is 8.48. The molecule has 0 unspecified atom stereocenters. The predicted octanol–water partition coefficient (Wildman–Crippen LogP) is 2.24. The molecule has 1 heterocycles. The molecule has 0 aliphatic carbocycles. The van der Waals surface area contributed by atoms with E-state index in [4.69, 9.17) is 4.42 Å². The van der Waals surface area contributed by atoms with Crippen molar-refractivity contribution in [1.82, 2.24) is 16.2 Å². The molecular weight excluding hydrogens is 390 g/mol. The highest BCUT2D eigenvalue weighted by molar-refractivity contribution is 9.10. The van der Waals surface area contributed by atoms with Gasteiger partial charge in [0.15, 0.2) is 0 Å². The highest BCUT2D eigenvalue weighted by Gasteiger charge is 2.14. The van der Waals surface area contributed by atoms with E-state index in [0.29, 0.717) is 22.6 Å². The maximum Gasteiger partial charge on any atom is 0.273 e. The van der Waals surface area contributed by atoms with Gasteiger partial charge in [0.1, 0.15) is 11.5 Å². The molecule has 0 aliphatic rings. The Kier molecular flexibility index (Phi) is 6.35. The molecule has 25 heavy (non-hydrogen) atoms. The Bertz CT molecular complexity index is 784. The van der Waals surface area contributed by atoms with E-state index in [0.717, 1.165) is 4.47 Å². The molecule has 0 aliphatic heterocycles. The number of aryl methyl sites for hydroxylation is 2. The molecule has 0 bridgehead atoms. The lowest BCUT2D eigenvalue weighted by molar-refractivity contribution is -0.121. The van der Waals surface area contributed by atoms with Crippen molar-refractivity contribution in [2.45, 2.75) is 20.3 Å². The van der Waals surface area contributed by atoms with E-state index in [1.165, 1.54) is 0 Å². The summed E-state index contributed by atoms with van der Waals surface area (Å²) in [7, 11) is 0.